The Labute approximate surface area is 123 Å². The molecule has 0 unspecified atom stereocenters. The van der Waals surface area contributed by atoms with Crippen LogP contribution in [0.25, 0.3) is 6.08 Å². The van der Waals surface area contributed by atoms with Gasteiger partial charge in [-0.1, -0.05) is 23.7 Å². The number of carboxylic acids is 1. The third-order valence-electron chi connectivity index (χ3n) is 3.17. The second-order valence-electron chi connectivity index (χ2n) is 5.38. The van der Waals surface area contributed by atoms with Crippen molar-refractivity contribution in [3.05, 3.63) is 34.9 Å². The van der Waals surface area contributed by atoms with Crippen LogP contribution in [0, 0.1) is 0 Å². The van der Waals surface area contributed by atoms with Gasteiger partial charge in [0.15, 0.2) is 0 Å². The van der Waals surface area contributed by atoms with Gasteiger partial charge in [-0.15, -0.1) is 0 Å². The highest BCUT2D eigenvalue weighted by Crippen LogP contribution is 2.33. The minimum Gasteiger partial charge on any atom is -0.478 e. The minimum atomic E-state index is -0.974. The smallest absolute Gasteiger partial charge is 0.328 e. The van der Waals surface area contributed by atoms with Gasteiger partial charge in [0, 0.05) is 19.2 Å². The van der Waals surface area contributed by atoms with Gasteiger partial charge in [-0.05, 0) is 31.6 Å². The van der Waals surface area contributed by atoms with E-state index in [9.17, 15) is 4.79 Å². The topological polar surface area (TPSA) is 49.8 Å². The molecule has 1 aromatic rings. The van der Waals surface area contributed by atoms with E-state index in [1.165, 1.54) is 0 Å². The summed E-state index contributed by atoms with van der Waals surface area (Å²) in [5, 5.41) is 9.40. The van der Waals surface area contributed by atoms with Crippen LogP contribution in [0.4, 0.5) is 5.69 Å². The van der Waals surface area contributed by atoms with E-state index in [1.54, 1.807) is 6.08 Å². The summed E-state index contributed by atoms with van der Waals surface area (Å²) in [7, 11) is 0. The highest BCUT2D eigenvalue weighted by molar-refractivity contribution is 6.33. The molecule has 1 aliphatic heterocycles. The van der Waals surface area contributed by atoms with Crippen molar-refractivity contribution < 1.29 is 14.6 Å². The van der Waals surface area contributed by atoms with Crippen LogP contribution in [-0.4, -0.2) is 36.4 Å². The maximum atomic E-state index is 10.7. The van der Waals surface area contributed by atoms with E-state index >= 15 is 0 Å². The largest absolute Gasteiger partial charge is 0.478 e. The number of nitrogens with zero attached hydrogens (tertiary/aromatic N) is 1. The van der Waals surface area contributed by atoms with E-state index in [2.05, 4.69) is 4.90 Å². The van der Waals surface area contributed by atoms with Crippen LogP contribution in [0.15, 0.2) is 24.3 Å². The van der Waals surface area contributed by atoms with Crippen molar-refractivity contribution in [2.24, 2.45) is 0 Å². The first-order valence-electron chi connectivity index (χ1n) is 6.47. The number of para-hydroxylation sites is 1. The molecule has 0 spiro atoms. The average Bonchev–Trinajstić information content (AvgIpc) is 2.35. The molecule has 0 amide bonds. The number of hydrogen-bond donors (Lipinski definition) is 1. The van der Waals surface area contributed by atoms with E-state index in [4.69, 9.17) is 21.4 Å². The summed E-state index contributed by atoms with van der Waals surface area (Å²) in [5.41, 5.74) is 1.42. The van der Waals surface area contributed by atoms with Crippen molar-refractivity contribution in [3.8, 4) is 0 Å². The van der Waals surface area contributed by atoms with Crippen molar-refractivity contribution in [3.63, 3.8) is 0 Å². The van der Waals surface area contributed by atoms with E-state index in [0.717, 1.165) is 23.9 Å². The van der Waals surface area contributed by atoms with E-state index in [1.807, 2.05) is 32.0 Å². The van der Waals surface area contributed by atoms with Gasteiger partial charge in [0.05, 0.1) is 22.9 Å². The molecule has 1 heterocycles. The van der Waals surface area contributed by atoms with Gasteiger partial charge in [-0.25, -0.2) is 4.79 Å². The van der Waals surface area contributed by atoms with E-state index < -0.39 is 5.97 Å². The van der Waals surface area contributed by atoms with Gasteiger partial charge in [0.1, 0.15) is 0 Å². The molecule has 0 bridgehead atoms. The van der Waals surface area contributed by atoms with Crippen LogP contribution in [-0.2, 0) is 9.53 Å². The van der Waals surface area contributed by atoms with Crippen molar-refractivity contribution in [1.82, 2.24) is 0 Å². The molecular weight excluding hydrogens is 278 g/mol. The molecule has 2 rings (SSSR count). The van der Waals surface area contributed by atoms with Crippen LogP contribution in [0.2, 0.25) is 5.02 Å². The number of halogens is 1. The second kappa shape index (κ2) is 5.85. The fourth-order valence-corrected chi connectivity index (χ4v) is 2.67. The number of aliphatic carboxylic acids is 1. The normalized spacial score (nSPS) is 18.4. The third-order valence-corrected chi connectivity index (χ3v) is 3.47. The molecule has 108 valence electrons. The lowest BCUT2D eigenvalue weighted by atomic mass is 10.0. The number of ether oxygens (including phenoxy) is 1. The highest BCUT2D eigenvalue weighted by atomic mass is 35.5. The fourth-order valence-electron chi connectivity index (χ4n) is 2.37. The van der Waals surface area contributed by atoms with Gasteiger partial charge in [0.25, 0.3) is 0 Å². The molecule has 0 aromatic heterocycles. The maximum absolute atomic E-state index is 10.7. The van der Waals surface area contributed by atoms with Gasteiger partial charge < -0.3 is 14.7 Å². The summed E-state index contributed by atoms with van der Waals surface area (Å²) in [5.74, 6) is -0.974. The summed E-state index contributed by atoms with van der Waals surface area (Å²) in [6.45, 7) is 6.14. The lowest BCUT2D eigenvalue weighted by Gasteiger charge is -2.40. The Hall–Kier alpha value is -1.52. The molecule has 0 aliphatic carbocycles. The molecule has 0 radical (unpaired) electrons. The second-order valence-corrected chi connectivity index (χ2v) is 5.79. The number of carboxylic acid groups (broad SMARTS) is 1. The van der Waals surface area contributed by atoms with Gasteiger partial charge in [0.2, 0.25) is 0 Å². The lowest BCUT2D eigenvalue weighted by molar-refractivity contribution is -0.131. The molecule has 5 heteroatoms. The molecule has 0 saturated carbocycles. The van der Waals surface area contributed by atoms with Crippen LogP contribution in [0.3, 0.4) is 0 Å². The number of anilines is 1. The molecule has 1 N–H and O–H groups in total. The number of carbonyl (C=O) groups is 1. The van der Waals surface area contributed by atoms with Crippen LogP contribution in [0.5, 0.6) is 0 Å². The van der Waals surface area contributed by atoms with Crippen molar-refractivity contribution >= 4 is 29.3 Å². The van der Waals surface area contributed by atoms with Crippen LogP contribution in [0.1, 0.15) is 19.4 Å². The predicted molar refractivity (Wildman–Crippen MR) is 80.4 cm³/mol. The lowest BCUT2D eigenvalue weighted by Crippen LogP contribution is -2.48. The summed E-state index contributed by atoms with van der Waals surface area (Å²) in [4.78, 5) is 12.8. The average molecular weight is 296 g/mol. The zero-order valence-electron chi connectivity index (χ0n) is 11.6. The van der Waals surface area contributed by atoms with E-state index in [-0.39, 0.29) is 5.60 Å². The zero-order chi connectivity index (χ0) is 14.8. The van der Waals surface area contributed by atoms with Gasteiger partial charge in [-0.3, -0.25) is 0 Å². The SMILES string of the molecule is CC1(C)CN(c2c(Cl)cccc2/C=C/C(=O)O)CCO1. The number of rotatable bonds is 3. The summed E-state index contributed by atoms with van der Waals surface area (Å²) in [6, 6.07) is 5.50. The molecule has 1 fully saturated rings. The maximum Gasteiger partial charge on any atom is 0.328 e. The molecule has 1 aromatic carbocycles. The standard InChI is InChI=1S/C15H18ClNO3/c1-15(2)10-17(8-9-20-15)14-11(6-7-13(18)19)4-3-5-12(14)16/h3-7H,8-10H2,1-2H3,(H,18,19)/b7-6+. The molecule has 1 saturated heterocycles. The Morgan fingerprint density at radius 3 is 2.90 bits per heavy atom. The third kappa shape index (κ3) is 3.52. The number of morpholine rings is 1. The van der Waals surface area contributed by atoms with Gasteiger partial charge >= 0.3 is 5.97 Å². The first kappa shape index (κ1) is 14.9. The summed E-state index contributed by atoms with van der Waals surface area (Å²) < 4.78 is 5.70. The fraction of sp³-hybridized carbons (Fsp3) is 0.400. The van der Waals surface area contributed by atoms with Crippen LogP contribution < -0.4 is 4.90 Å². The minimum absolute atomic E-state index is 0.245. The zero-order valence-corrected chi connectivity index (χ0v) is 12.4. The molecule has 20 heavy (non-hydrogen) atoms. The predicted octanol–water partition coefficient (Wildman–Crippen LogP) is 3.05. The van der Waals surface area contributed by atoms with Crippen molar-refractivity contribution in [1.29, 1.82) is 0 Å². The Kier molecular flexibility index (Phi) is 4.35. The first-order valence-corrected chi connectivity index (χ1v) is 6.85. The molecule has 1 aliphatic rings. The summed E-state index contributed by atoms with van der Waals surface area (Å²) in [6.07, 6.45) is 2.70. The van der Waals surface area contributed by atoms with Crippen molar-refractivity contribution in [2.75, 3.05) is 24.6 Å². The Bertz CT molecular complexity index is 540. The quantitative estimate of drug-likeness (QED) is 0.871. The molecule has 4 nitrogen and oxygen atoms in total. The molecular formula is C15H18ClNO3. The summed E-state index contributed by atoms with van der Waals surface area (Å²) >= 11 is 6.31. The number of benzene rings is 1. The Morgan fingerprint density at radius 2 is 2.25 bits per heavy atom. The highest BCUT2D eigenvalue weighted by Gasteiger charge is 2.29. The number of hydrogen-bond acceptors (Lipinski definition) is 3. The van der Waals surface area contributed by atoms with Gasteiger partial charge in [-0.2, -0.15) is 0 Å². The monoisotopic (exact) mass is 295 g/mol. The van der Waals surface area contributed by atoms with Crippen LogP contribution >= 0.6 is 11.6 Å². The Balaban J connectivity index is 2.37. The molecule has 0 atom stereocenters. The first-order chi connectivity index (χ1) is 9.39. The van der Waals surface area contributed by atoms with Crippen molar-refractivity contribution in [2.45, 2.75) is 19.4 Å². The Morgan fingerprint density at radius 1 is 1.50 bits per heavy atom. The van der Waals surface area contributed by atoms with E-state index in [0.29, 0.717) is 18.2 Å².